The number of ether oxygens (including phenoxy) is 1. The zero-order valence-electron chi connectivity index (χ0n) is 16.1. The van der Waals surface area contributed by atoms with Crippen molar-refractivity contribution in [2.24, 2.45) is 5.92 Å². The molecule has 1 saturated heterocycles. The van der Waals surface area contributed by atoms with Gasteiger partial charge in [-0.05, 0) is 50.2 Å². The molecule has 2 aromatic rings. The van der Waals surface area contributed by atoms with Crippen LogP contribution in [0.25, 0.3) is 0 Å². The van der Waals surface area contributed by atoms with Gasteiger partial charge in [-0.1, -0.05) is 18.2 Å². The Morgan fingerprint density at radius 3 is 2.56 bits per heavy atom. The lowest BCUT2D eigenvalue weighted by molar-refractivity contribution is -0.0606. The second kappa shape index (κ2) is 6.79. The number of anilines is 2. The number of hydrogen-bond donors (Lipinski definition) is 0. The third-order valence-corrected chi connectivity index (χ3v) is 6.27. The predicted octanol–water partition coefficient (Wildman–Crippen LogP) is 3.53. The number of hydrogen-bond acceptors (Lipinski definition) is 5. The van der Waals surface area contributed by atoms with Crippen LogP contribution in [0, 0.1) is 12.8 Å². The molecular weight excluding hydrogens is 336 g/mol. The average Bonchev–Trinajstić information content (AvgIpc) is 3.53. The Labute approximate surface area is 161 Å². The fraction of sp³-hybridized carbons (Fsp3) is 0.545. The lowest BCUT2D eigenvalue weighted by atomic mass is 9.83. The van der Waals surface area contributed by atoms with Crippen LogP contribution in [0.3, 0.4) is 0 Å². The van der Waals surface area contributed by atoms with Crippen LogP contribution in [0.15, 0.2) is 36.7 Å². The van der Waals surface area contributed by atoms with E-state index in [-0.39, 0.29) is 5.60 Å². The van der Waals surface area contributed by atoms with Crippen LogP contribution in [0.5, 0.6) is 0 Å². The normalized spacial score (nSPS) is 21.8. The summed E-state index contributed by atoms with van der Waals surface area (Å²) in [5.41, 5.74) is 3.70. The minimum atomic E-state index is -0.171. The molecule has 5 rings (SSSR count). The van der Waals surface area contributed by atoms with E-state index in [1.165, 1.54) is 30.6 Å². The molecule has 0 radical (unpaired) electrons. The first-order valence-electron chi connectivity index (χ1n) is 10.3. The summed E-state index contributed by atoms with van der Waals surface area (Å²) in [6.07, 6.45) is 8.54. The molecule has 5 heteroatoms. The summed E-state index contributed by atoms with van der Waals surface area (Å²) in [7, 11) is 0. The topological polar surface area (TPSA) is 41.5 Å². The van der Waals surface area contributed by atoms with Gasteiger partial charge in [0.15, 0.2) is 0 Å². The van der Waals surface area contributed by atoms with Gasteiger partial charge in [-0.2, -0.15) is 0 Å². The Morgan fingerprint density at radius 2 is 1.81 bits per heavy atom. The third kappa shape index (κ3) is 3.29. The summed E-state index contributed by atoms with van der Waals surface area (Å²) in [6, 6.07) is 8.93. The summed E-state index contributed by atoms with van der Waals surface area (Å²) >= 11 is 0. The first-order chi connectivity index (χ1) is 13.2. The van der Waals surface area contributed by atoms with Crippen molar-refractivity contribution in [1.82, 2.24) is 9.97 Å². The van der Waals surface area contributed by atoms with Gasteiger partial charge in [0.2, 0.25) is 5.95 Å². The molecular formula is C22H28N4O. The van der Waals surface area contributed by atoms with Gasteiger partial charge in [-0.15, -0.1) is 0 Å². The average molecular weight is 364 g/mol. The molecule has 1 aromatic carbocycles. The first-order valence-corrected chi connectivity index (χ1v) is 10.3. The highest BCUT2D eigenvalue weighted by molar-refractivity contribution is 5.57. The standard InChI is InChI=1S/C22H28N4O/c1-17-14-23-21(24-15-17)25-10-8-22(9-11-25)19-4-2-3-5-20(19)26(12-13-27-22)16-18-6-7-18/h2-5,14-15,18H,6-13,16H2,1H3. The van der Waals surface area contributed by atoms with E-state index in [1.807, 2.05) is 19.3 Å². The Kier molecular flexibility index (Phi) is 4.27. The molecule has 2 aliphatic heterocycles. The van der Waals surface area contributed by atoms with E-state index >= 15 is 0 Å². The van der Waals surface area contributed by atoms with Crippen molar-refractivity contribution in [2.45, 2.75) is 38.2 Å². The molecule has 0 atom stereocenters. The lowest BCUT2D eigenvalue weighted by Crippen LogP contribution is -2.44. The first kappa shape index (κ1) is 17.0. The van der Waals surface area contributed by atoms with E-state index in [0.717, 1.165) is 56.5 Å². The summed E-state index contributed by atoms with van der Waals surface area (Å²) in [4.78, 5) is 13.9. The molecule has 3 heterocycles. The lowest BCUT2D eigenvalue weighted by Gasteiger charge is -2.42. The van der Waals surface area contributed by atoms with Crippen LogP contribution in [0.4, 0.5) is 11.6 Å². The zero-order chi connectivity index (χ0) is 18.3. The van der Waals surface area contributed by atoms with Crippen LogP contribution in [-0.2, 0) is 10.3 Å². The fourth-order valence-electron chi connectivity index (χ4n) is 4.52. The summed E-state index contributed by atoms with van der Waals surface area (Å²) in [5, 5.41) is 0. The van der Waals surface area contributed by atoms with Crippen LogP contribution >= 0.6 is 0 Å². The second-order valence-electron chi connectivity index (χ2n) is 8.30. The molecule has 1 saturated carbocycles. The molecule has 0 amide bonds. The molecule has 1 spiro atoms. The van der Waals surface area contributed by atoms with E-state index < -0.39 is 0 Å². The molecule has 5 nitrogen and oxygen atoms in total. The maximum atomic E-state index is 6.58. The molecule has 0 bridgehead atoms. The highest BCUT2D eigenvalue weighted by atomic mass is 16.5. The van der Waals surface area contributed by atoms with E-state index in [9.17, 15) is 0 Å². The SMILES string of the molecule is Cc1cnc(N2CCC3(CC2)OCCN(CC2CC2)c2ccccc23)nc1. The summed E-state index contributed by atoms with van der Waals surface area (Å²) in [5.74, 6) is 1.72. The number of nitrogens with zero attached hydrogens (tertiary/aromatic N) is 4. The van der Waals surface area contributed by atoms with Crippen LogP contribution in [0.2, 0.25) is 0 Å². The molecule has 142 valence electrons. The van der Waals surface area contributed by atoms with Gasteiger partial charge in [0.1, 0.15) is 0 Å². The fourth-order valence-corrected chi connectivity index (χ4v) is 4.52. The summed E-state index contributed by atoms with van der Waals surface area (Å²) in [6.45, 7) is 6.88. The maximum absolute atomic E-state index is 6.58. The molecule has 27 heavy (non-hydrogen) atoms. The van der Waals surface area contributed by atoms with Crippen molar-refractivity contribution in [3.63, 3.8) is 0 Å². The molecule has 1 aliphatic carbocycles. The van der Waals surface area contributed by atoms with E-state index in [0.29, 0.717) is 0 Å². The molecule has 0 N–H and O–H groups in total. The second-order valence-corrected chi connectivity index (χ2v) is 8.30. The molecule has 0 unspecified atom stereocenters. The van der Waals surface area contributed by atoms with Crippen molar-refractivity contribution in [1.29, 1.82) is 0 Å². The van der Waals surface area contributed by atoms with Gasteiger partial charge in [0.25, 0.3) is 0 Å². The number of aromatic nitrogens is 2. The smallest absolute Gasteiger partial charge is 0.225 e. The van der Waals surface area contributed by atoms with Gasteiger partial charge < -0.3 is 14.5 Å². The largest absolute Gasteiger partial charge is 0.369 e. The number of para-hydroxylation sites is 1. The van der Waals surface area contributed by atoms with E-state index in [1.54, 1.807) is 0 Å². The van der Waals surface area contributed by atoms with Crippen molar-refractivity contribution in [2.75, 3.05) is 42.6 Å². The molecule has 1 aromatic heterocycles. The Morgan fingerprint density at radius 1 is 1.07 bits per heavy atom. The van der Waals surface area contributed by atoms with Gasteiger partial charge in [-0.3, -0.25) is 0 Å². The minimum Gasteiger partial charge on any atom is -0.369 e. The number of benzene rings is 1. The Bertz CT molecular complexity index is 794. The zero-order valence-corrected chi connectivity index (χ0v) is 16.1. The number of fused-ring (bicyclic) bond motifs is 2. The Balaban J connectivity index is 1.39. The number of piperidine rings is 1. The van der Waals surface area contributed by atoms with E-state index in [2.05, 4.69) is 44.0 Å². The minimum absolute atomic E-state index is 0.171. The third-order valence-electron chi connectivity index (χ3n) is 6.27. The quantitative estimate of drug-likeness (QED) is 0.833. The van der Waals surface area contributed by atoms with Crippen molar-refractivity contribution in [3.8, 4) is 0 Å². The van der Waals surface area contributed by atoms with Gasteiger partial charge >= 0.3 is 0 Å². The Hall–Kier alpha value is -2.14. The summed E-state index contributed by atoms with van der Waals surface area (Å²) < 4.78 is 6.58. The van der Waals surface area contributed by atoms with Gasteiger partial charge in [0, 0.05) is 49.8 Å². The molecule has 2 fully saturated rings. The van der Waals surface area contributed by atoms with Crippen molar-refractivity contribution < 1.29 is 4.74 Å². The number of rotatable bonds is 3. The van der Waals surface area contributed by atoms with Gasteiger partial charge in [0.05, 0.1) is 12.2 Å². The maximum Gasteiger partial charge on any atom is 0.225 e. The van der Waals surface area contributed by atoms with E-state index in [4.69, 9.17) is 4.74 Å². The molecule has 3 aliphatic rings. The number of aryl methyl sites for hydroxylation is 1. The highest BCUT2D eigenvalue weighted by Gasteiger charge is 2.42. The highest BCUT2D eigenvalue weighted by Crippen LogP contribution is 2.44. The van der Waals surface area contributed by atoms with Gasteiger partial charge in [-0.25, -0.2) is 9.97 Å². The van der Waals surface area contributed by atoms with Crippen molar-refractivity contribution in [3.05, 3.63) is 47.8 Å². The van der Waals surface area contributed by atoms with Crippen LogP contribution in [0.1, 0.15) is 36.8 Å². The van der Waals surface area contributed by atoms with Crippen LogP contribution in [-0.4, -0.2) is 42.8 Å². The predicted molar refractivity (Wildman–Crippen MR) is 107 cm³/mol. The van der Waals surface area contributed by atoms with Crippen LogP contribution < -0.4 is 9.80 Å². The monoisotopic (exact) mass is 364 g/mol. The van der Waals surface area contributed by atoms with Crippen molar-refractivity contribution >= 4 is 11.6 Å².